The average Bonchev–Trinajstić information content (AvgIpc) is 3.27. The molecule has 0 bridgehead atoms. The molecule has 0 spiro atoms. The maximum atomic E-state index is 12.0. The zero-order valence-corrected chi connectivity index (χ0v) is 20.1. The first-order valence-electron chi connectivity index (χ1n) is 10.4. The lowest BCUT2D eigenvalue weighted by Crippen LogP contribution is -2.46. The first kappa shape index (κ1) is 22.1. The van der Waals surface area contributed by atoms with E-state index in [1.165, 1.54) is 24.2 Å². The SMILES string of the molecule is CC1(C)C(=O)NC(=O)N1CCNc1ncc(Br)c(-c2cnc(CN3CCCCC3)s2)n1. The minimum atomic E-state index is -0.863. The van der Waals surface area contributed by atoms with E-state index < -0.39 is 5.54 Å². The predicted molar refractivity (Wildman–Crippen MR) is 123 cm³/mol. The molecule has 2 saturated heterocycles. The van der Waals surface area contributed by atoms with E-state index in [4.69, 9.17) is 0 Å². The van der Waals surface area contributed by atoms with E-state index >= 15 is 0 Å². The van der Waals surface area contributed by atoms with Gasteiger partial charge in [0.05, 0.1) is 15.9 Å². The Hall–Kier alpha value is -2.11. The molecule has 2 fully saturated rings. The van der Waals surface area contributed by atoms with Crippen LogP contribution in [0.2, 0.25) is 0 Å². The van der Waals surface area contributed by atoms with Gasteiger partial charge in [0, 0.05) is 25.5 Å². The number of aromatic nitrogens is 3. The first-order valence-corrected chi connectivity index (χ1v) is 12.0. The van der Waals surface area contributed by atoms with E-state index in [0.29, 0.717) is 19.0 Å². The van der Waals surface area contributed by atoms with Crippen molar-refractivity contribution in [1.29, 1.82) is 0 Å². The summed E-state index contributed by atoms with van der Waals surface area (Å²) in [6.07, 6.45) is 7.41. The van der Waals surface area contributed by atoms with E-state index in [9.17, 15) is 9.59 Å². The van der Waals surface area contributed by atoms with E-state index in [1.807, 2.05) is 6.20 Å². The van der Waals surface area contributed by atoms with Crippen LogP contribution in [-0.4, -0.2) is 68.4 Å². The number of piperidine rings is 1. The first-order chi connectivity index (χ1) is 14.8. The number of hydrogen-bond acceptors (Lipinski definition) is 8. The van der Waals surface area contributed by atoms with Crippen LogP contribution in [0.15, 0.2) is 16.9 Å². The van der Waals surface area contributed by atoms with Crippen molar-refractivity contribution in [3.8, 4) is 10.6 Å². The second-order valence-corrected chi connectivity index (χ2v) is 10.2. The van der Waals surface area contributed by atoms with Gasteiger partial charge in [-0.15, -0.1) is 11.3 Å². The summed E-state index contributed by atoms with van der Waals surface area (Å²) in [4.78, 5) is 42.4. The number of urea groups is 1. The van der Waals surface area contributed by atoms with Gasteiger partial charge < -0.3 is 10.2 Å². The Morgan fingerprint density at radius 1 is 1.19 bits per heavy atom. The molecule has 0 saturated carbocycles. The van der Waals surface area contributed by atoms with Crippen molar-refractivity contribution >= 4 is 45.2 Å². The van der Waals surface area contributed by atoms with Crippen molar-refractivity contribution in [2.45, 2.75) is 45.2 Å². The maximum Gasteiger partial charge on any atom is 0.325 e. The lowest BCUT2D eigenvalue weighted by Gasteiger charge is -2.27. The molecule has 31 heavy (non-hydrogen) atoms. The molecule has 0 unspecified atom stereocenters. The van der Waals surface area contributed by atoms with Gasteiger partial charge in [-0.1, -0.05) is 6.42 Å². The molecule has 0 aliphatic carbocycles. The highest BCUT2D eigenvalue weighted by Gasteiger charge is 2.45. The molecular weight excluding hydrogens is 482 g/mol. The van der Waals surface area contributed by atoms with Gasteiger partial charge in [-0.05, 0) is 55.7 Å². The largest absolute Gasteiger partial charge is 0.352 e. The van der Waals surface area contributed by atoms with Crippen LogP contribution in [0.3, 0.4) is 0 Å². The Balaban J connectivity index is 1.39. The second kappa shape index (κ2) is 9.17. The summed E-state index contributed by atoms with van der Waals surface area (Å²) in [6.45, 7) is 7.40. The monoisotopic (exact) mass is 507 g/mol. The van der Waals surface area contributed by atoms with Gasteiger partial charge >= 0.3 is 6.03 Å². The number of hydrogen-bond donors (Lipinski definition) is 2. The van der Waals surface area contributed by atoms with Crippen LogP contribution in [0.1, 0.15) is 38.1 Å². The number of likely N-dealkylation sites (tertiary alicyclic amines) is 1. The summed E-state index contributed by atoms with van der Waals surface area (Å²) in [5.41, 5.74) is -0.0768. The summed E-state index contributed by atoms with van der Waals surface area (Å²) in [5, 5.41) is 6.59. The molecule has 4 heterocycles. The summed E-state index contributed by atoms with van der Waals surface area (Å²) >= 11 is 5.19. The lowest BCUT2D eigenvalue weighted by atomic mass is 10.0. The Morgan fingerprint density at radius 3 is 2.68 bits per heavy atom. The number of carbonyl (C=O) groups is 2. The maximum absolute atomic E-state index is 12.0. The minimum absolute atomic E-state index is 0.287. The molecule has 2 aromatic rings. The van der Waals surface area contributed by atoms with E-state index in [2.05, 4.69) is 46.4 Å². The zero-order valence-electron chi connectivity index (χ0n) is 17.7. The van der Waals surface area contributed by atoms with E-state index in [-0.39, 0.29) is 11.9 Å². The van der Waals surface area contributed by atoms with Crippen molar-refractivity contribution in [3.63, 3.8) is 0 Å². The van der Waals surface area contributed by atoms with Gasteiger partial charge in [-0.25, -0.2) is 19.7 Å². The normalized spacial score (nSPS) is 19.0. The van der Waals surface area contributed by atoms with Gasteiger partial charge in [0.25, 0.3) is 5.91 Å². The lowest BCUT2D eigenvalue weighted by molar-refractivity contribution is -0.125. The molecule has 9 nitrogen and oxygen atoms in total. The van der Waals surface area contributed by atoms with Crippen LogP contribution in [0.4, 0.5) is 10.7 Å². The van der Waals surface area contributed by atoms with E-state index in [0.717, 1.165) is 39.7 Å². The molecule has 0 radical (unpaired) electrons. The van der Waals surface area contributed by atoms with Crippen LogP contribution in [-0.2, 0) is 11.3 Å². The third kappa shape index (κ3) is 4.88. The second-order valence-electron chi connectivity index (χ2n) is 8.24. The van der Waals surface area contributed by atoms with Crippen LogP contribution in [0, 0.1) is 0 Å². The number of nitrogens with one attached hydrogen (secondary N) is 2. The van der Waals surface area contributed by atoms with Gasteiger partial charge in [-0.3, -0.25) is 15.0 Å². The Kier molecular flexibility index (Phi) is 6.54. The fourth-order valence-electron chi connectivity index (χ4n) is 3.78. The molecule has 4 rings (SSSR count). The molecular formula is C20H26BrN7O2S. The molecule has 2 aliphatic rings. The van der Waals surface area contributed by atoms with Crippen molar-refractivity contribution in [1.82, 2.24) is 30.1 Å². The number of anilines is 1. The third-order valence-corrected chi connectivity index (χ3v) is 7.22. The molecule has 3 amide bonds. The highest BCUT2D eigenvalue weighted by Crippen LogP contribution is 2.31. The number of rotatable bonds is 7. The average molecular weight is 508 g/mol. The van der Waals surface area contributed by atoms with Gasteiger partial charge in [0.15, 0.2) is 0 Å². The van der Waals surface area contributed by atoms with Crippen LogP contribution in [0.5, 0.6) is 0 Å². The molecule has 2 aliphatic heterocycles. The van der Waals surface area contributed by atoms with E-state index in [1.54, 1.807) is 31.4 Å². The molecule has 166 valence electrons. The number of thiazole rings is 1. The van der Waals surface area contributed by atoms with Crippen LogP contribution >= 0.6 is 27.3 Å². The quantitative estimate of drug-likeness (QED) is 0.554. The minimum Gasteiger partial charge on any atom is -0.352 e. The molecule has 0 atom stereocenters. The third-order valence-electron chi connectivity index (χ3n) is 5.65. The predicted octanol–water partition coefficient (Wildman–Crippen LogP) is 3.09. The molecule has 2 N–H and O–H groups in total. The zero-order chi connectivity index (χ0) is 22.0. The molecule has 2 aromatic heterocycles. The highest BCUT2D eigenvalue weighted by molar-refractivity contribution is 9.10. The van der Waals surface area contributed by atoms with Crippen LogP contribution < -0.4 is 10.6 Å². The highest BCUT2D eigenvalue weighted by atomic mass is 79.9. The Labute approximate surface area is 193 Å². The fourth-order valence-corrected chi connectivity index (χ4v) is 5.28. The fraction of sp³-hybridized carbons (Fsp3) is 0.550. The number of nitrogens with zero attached hydrogens (tertiary/aromatic N) is 5. The van der Waals surface area contributed by atoms with Gasteiger partial charge in [0.1, 0.15) is 16.2 Å². The standard InChI is InChI=1S/C20H26BrN7O2S/c1-20(2)17(29)26-19(30)28(20)9-6-22-18-24-10-13(21)16(25-18)14-11-23-15(31-14)12-27-7-4-3-5-8-27/h10-11H,3-9,12H2,1-2H3,(H,22,24,25)(H,26,29,30). The Bertz CT molecular complexity index is 974. The Morgan fingerprint density at radius 2 is 1.97 bits per heavy atom. The summed E-state index contributed by atoms with van der Waals surface area (Å²) < 4.78 is 0.803. The summed E-state index contributed by atoms with van der Waals surface area (Å²) in [5.74, 6) is 0.179. The van der Waals surface area contributed by atoms with Crippen LogP contribution in [0.25, 0.3) is 10.6 Å². The molecule has 0 aromatic carbocycles. The number of carbonyl (C=O) groups excluding carboxylic acids is 2. The van der Waals surface area contributed by atoms with Crippen molar-refractivity contribution in [2.75, 3.05) is 31.5 Å². The number of halogens is 1. The molecule has 11 heteroatoms. The summed E-state index contributed by atoms with van der Waals surface area (Å²) in [7, 11) is 0. The summed E-state index contributed by atoms with van der Waals surface area (Å²) in [6, 6.07) is -0.375. The number of amides is 3. The van der Waals surface area contributed by atoms with Gasteiger partial charge in [0.2, 0.25) is 5.95 Å². The van der Waals surface area contributed by atoms with Crippen molar-refractivity contribution in [2.24, 2.45) is 0 Å². The smallest absolute Gasteiger partial charge is 0.325 e. The van der Waals surface area contributed by atoms with Crippen molar-refractivity contribution < 1.29 is 9.59 Å². The number of imide groups is 1. The van der Waals surface area contributed by atoms with Gasteiger partial charge in [-0.2, -0.15) is 0 Å². The topological polar surface area (TPSA) is 103 Å². The van der Waals surface area contributed by atoms with Crippen molar-refractivity contribution in [3.05, 3.63) is 21.9 Å².